The number of rotatable bonds is 9. The molecule has 3 nitrogen and oxygen atoms in total. The first-order valence-corrected chi connectivity index (χ1v) is 8.20. The Morgan fingerprint density at radius 1 is 0.773 bits per heavy atom. The fourth-order valence-electron chi connectivity index (χ4n) is 2.60. The van der Waals surface area contributed by atoms with E-state index < -0.39 is 0 Å². The first kappa shape index (κ1) is 16.7. The van der Waals surface area contributed by atoms with Crippen LogP contribution in [0, 0.1) is 0 Å². The van der Waals surface area contributed by atoms with Gasteiger partial charge >= 0.3 is 0 Å². The summed E-state index contributed by atoms with van der Waals surface area (Å²) in [6.07, 6.45) is 1.88. The van der Waals surface area contributed by atoms with Crippen molar-refractivity contribution in [2.75, 3.05) is 26.2 Å². The summed E-state index contributed by atoms with van der Waals surface area (Å²) >= 11 is 0. The van der Waals surface area contributed by atoms with Gasteiger partial charge in [0.2, 0.25) is 0 Å². The third-order valence-corrected chi connectivity index (χ3v) is 3.99. The van der Waals surface area contributed by atoms with Crippen LogP contribution in [-0.4, -0.2) is 41.0 Å². The summed E-state index contributed by atoms with van der Waals surface area (Å²) in [6.45, 7) is 10.7. The van der Waals surface area contributed by atoms with Crippen molar-refractivity contribution in [3.05, 3.63) is 66.0 Å². The lowest BCUT2D eigenvalue weighted by molar-refractivity contribution is 0.200. The van der Waals surface area contributed by atoms with E-state index in [1.54, 1.807) is 0 Å². The van der Waals surface area contributed by atoms with Crippen molar-refractivity contribution in [1.82, 2.24) is 14.8 Å². The molecule has 0 atom stereocenters. The average molecular weight is 297 g/mol. The van der Waals surface area contributed by atoms with Gasteiger partial charge in [-0.1, -0.05) is 50.2 Å². The maximum atomic E-state index is 4.47. The second-order valence-corrected chi connectivity index (χ2v) is 5.54. The van der Waals surface area contributed by atoms with Gasteiger partial charge in [-0.25, -0.2) is 0 Å². The standard InChI is InChI=1S/C19H27N3/c1-3-21(4-2)14-15-22(16-18-10-6-5-7-11-18)17-19-12-8-9-13-20-19/h5-13H,3-4,14-17H2,1-2H3. The molecular formula is C19H27N3. The lowest BCUT2D eigenvalue weighted by Crippen LogP contribution is -2.34. The summed E-state index contributed by atoms with van der Waals surface area (Å²) in [4.78, 5) is 9.42. The Bertz CT molecular complexity index is 467. The minimum atomic E-state index is 0.900. The summed E-state index contributed by atoms with van der Waals surface area (Å²) < 4.78 is 0. The van der Waals surface area contributed by atoms with Crippen LogP contribution in [0.3, 0.4) is 0 Å². The van der Waals surface area contributed by atoms with Crippen LogP contribution in [0.1, 0.15) is 25.1 Å². The zero-order valence-electron chi connectivity index (χ0n) is 13.8. The molecule has 0 aliphatic rings. The van der Waals surface area contributed by atoms with E-state index in [-0.39, 0.29) is 0 Å². The Morgan fingerprint density at radius 2 is 1.45 bits per heavy atom. The Morgan fingerprint density at radius 3 is 2.09 bits per heavy atom. The predicted octanol–water partition coefficient (Wildman–Crippen LogP) is 3.43. The molecule has 0 aliphatic carbocycles. The number of aromatic nitrogens is 1. The van der Waals surface area contributed by atoms with Crippen LogP contribution in [0.15, 0.2) is 54.7 Å². The van der Waals surface area contributed by atoms with Crippen LogP contribution in [0.4, 0.5) is 0 Å². The SMILES string of the molecule is CCN(CC)CCN(Cc1ccccc1)Cc1ccccn1. The second kappa shape index (κ2) is 9.34. The molecule has 0 aliphatic heterocycles. The van der Waals surface area contributed by atoms with Gasteiger partial charge in [0.05, 0.1) is 5.69 Å². The first-order valence-electron chi connectivity index (χ1n) is 8.20. The summed E-state index contributed by atoms with van der Waals surface area (Å²) in [6, 6.07) is 16.8. The highest BCUT2D eigenvalue weighted by molar-refractivity contribution is 5.14. The first-order chi connectivity index (χ1) is 10.8. The van der Waals surface area contributed by atoms with E-state index in [1.807, 2.05) is 12.3 Å². The molecule has 3 heteroatoms. The normalized spacial score (nSPS) is 11.3. The van der Waals surface area contributed by atoms with Crippen molar-refractivity contribution >= 4 is 0 Å². The highest BCUT2D eigenvalue weighted by Crippen LogP contribution is 2.08. The Hall–Kier alpha value is -1.71. The summed E-state index contributed by atoms with van der Waals surface area (Å²) in [5.74, 6) is 0. The maximum absolute atomic E-state index is 4.47. The fraction of sp³-hybridized carbons (Fsp3) is 0.421. The predicted molar refractivity (Wildman–Crippen MR) is 92.6 cm³/mol. The van der Waals surface area contributed by atoms with E-state index in [9.17, 15) is 0 Å². The molecule has 1 aromatic heterocycles. The number of nitrogens with zero attached hydrogens (tertiary/aromatic N) is 3. The van der Waals surface area contributed by atoms with Gasteiger partial charge < -0.3 is 4.90 Å². The lowest BCUT2D eigenvalue weighted by Gasteiger charge is -2.26. The van der Waals surface area contributed by atoms with Crippen LogP contribution in [0.5, 0.6) is 0 Å². The van der Waals surface area contributed by atoms with Gasteiger partial charge in [-0.05, 0) is 30.8 Å². The van der Waals surface area contributed by atoms with Crippen LogP contribution >= 0.6 is 0 Å². The molecule has 0 bridgehead atoms. The Kier molecular flexibility index (Phi) is 7.07. The van der Waals surface area contributed by atoms with E-state index in [4.69, 9.17) is 0 Å². The highest BCUT2D eigenvalue weighted by atomic mass is 15.2. The largest absolute Gasteiger partial charge is 0.303 e. The smallest absolute Gasteiger partial charge is 0.0544 e. The van der Waals surface area contributed by atoms with Gasteiger partial charge in [0.25, 0.3) is 0 Å². The molecule has 0 saturated heterocycles. The molecule has 1 aromatic carbocycles. The van der Waals surface area contributed by atoms with Crippen LogP contribution in [0.2, 0.25) is 0 Å². The van der Waals surface area contributed by atoms with Crippen molar-refractivity contribution in [3.63, 3.8) is 0 Å². The van der Waals surface area contributed by atoms with E-state index in [1.165, 1.54) is 5.56 Å². The minimum Gasteiger partial charge on any atom is -0.303 e. The second-order valence-electron chi connectivity index (χ2n) is 5.54. The Balaban J connectivity index is 1.99. The molecule has 0 N–H and O–H groups in total. The highest BCUT2D eigenvalue weighted by Gasteiger charge is 2.09. The Labute approximate surface area is 134 Å². The van der Waals surface area contributed by atoms with E-state index in [2.05, 4.69) is 71.1 Å². The molecule has 0 radical (unpaired) electrons. The quantitative estimate of drug-likeness (QED) is 0.707. The zero-order valence-corrected chi connectivity index (χ0v) is 13.8. The van der Waals surface area contributed by atoms with E-state index >= 15 is 0 Å². The molecule has 0 spiro atoms. The van der Waals surface area contributed by atoms with E-state index in [0.29, 0.717) is 0 Å². The topological polar surface area (TPSA) is 19.4 Å². The third-order valence-electron chi connectivity index (χ3n) is 3.99. The van der Waals surface area contributed by atoms with Crippen molar-refractivity contribution in [2.45, 2.75) is 26.9 Å². The molecule has 2 rings (SSSR count). The lowest BCUT2D eigenvalue weighted by atomic mass is 10.2. The third kappa shape index (κ3) is 5.58. The van der Waals surface area contributed by atoms with Crippen LogP contribution in [-0.2, 0) is 13.1 Å². The van der Waals surface area contributed by atoms with Crippen molar-refractivity contribution in [2.24, 2.45) is 0 Å². The minimum absolute atomic E-state index is 0.900. The molecule has 1 heterocycles. The van der Waals surface area contributed by atoms with Gasteiger partial charge in [-0.15, -0.1) is 0 Å². The molecule has 0 saturated carbocycles. The molecule has 118 valence electrons. The van der Waals surface area contributed by atoms with Crippen molar-refractivity contribution < 1.29 is 0 Å². The monoisotopic (exact) mass is 297 g/mol. The molecule has 2 aromatic rings. The van der Waals surface area contributed by atoms with Gasteiger partial charge in [-0.3, -0.25) is 9.88 Å². The fourth-order valence-corrected chi connectivity index (χ4v) is 2.60. The van der Waals surface area contributed by atoms with Gasteiger partial charge in [-0.2, -0.15) is 0 Å². The number of hydrogen-bond donors (Lipinski definition) is 0. The van der Waals surface area contributed by atoms with Crippen LogP contribution < -0.4 is 0 Å². The molecular weight excluding hydrogens is 270 g/mol. The van der Waals surface area contributed by atoms with Crippen LogP contribution in [0.25, 0.3) is 0 Å². The van der Waals surface area contributed by atoms with Gasteiger partial charge in [0, 0.05) is 32.4 Å². The number of benzene rings is 1. The molecule has 0 unspecified atom stereocenters. The molecule has 0 amide bonds. The number of hydrogen-bond acceptors (Lipinski definition) is 3. The summed E-state index contributed by atoms with van der Waals surface area (Å²) in [5, 5.41) is 0. The van der Waals surface area contributed by atoms with Gasteiger partial charge in [0.1, 0.15) is 0 Å². The molecule has 22 heavy (non-hydrogen) atoms. The zero-order chi connectivity index (χ0) is 15.6. The number of pyridine rings is 1. The summed E-state index contributed by atoms with van der Waals surface area (Å²) in [5.41, 5.74) is 2.50. The molecule has 0 fully saturated rings. The average Bonchev–Trinajstić information content (AvgIpc) is 2.57. The summed E-state index contributed by atoms with van der Waals surface area (Å²) in [7, 11) is 0. The van der Waals surface area contributed by atoms with Gasteiger partial charge in [0.15, 0.2) is 0 Å². The number of likely N-dealkylation sites (N-methyl/N-ethyl adjacent to an activating group) is 1. The van der Waals surface area contributed by atoms with Crippen molar-refractivity contribution in [3.8, 4) is 0 Å². The van der Waals surface area contributed by atoms with E-state index in [0.717, 1.165) is 45.0 Å². The maximum Gasteiger partial charge on any atom is 0.0544 e. The van der Waals surface area contributed by atoms with Crippen molar-refractivity contribution in [1.29, 1.82) is 0 Å².